The van der Waals surface area contributed by atoms with Gasteiger partial charge in [0.25, 0.3) is 0 Å². The van der Waals surface area contributed by atoms with Gasteiger partial charge in [0.05, 0.1) is 11.3 Å². The molecule has 0 aliphatic heterocycles. The van der Waals surface area contributed by atoms with Crippen molar-refractivity contribution in [2.24, 2.45) is 16.6 Å². The molecular weight excluding hydrogens is 203 g/mol. The Morgan fingerprint density at radius 2 is 2.13 bits per heavy atom. The zero-order valence-corrected chi connectivity index (χ0v) is 7.57. The summed E-state index contributed by atoms with van der Waals surface area (Å²) >= 11 is 0. The van der Waals surface area contributed by atoms with E-state index < -0.39 is 17.7 Å². The predicted octanol–water partition coefficient (Wildman–Crippen LogP) is 0.411. The summed E-state index contributed by atoms with van der Waals surface area (Å²) in [6.07, 6.45) is 0. The first-order chi connectivity index (χ1) is 7.06. The van der Waals surface area contributed by atoms with Gasteiger partial charge in [0.1, 0.15) is 5.82 Å². The van der Waals surface area contributed by atoms with Crippen molar-refractivity contribution < 1.29 is 14.4 Å². The van der Waals surface area contributed by atoms with E-state index in [1.54, 1.807) is 0 Å². The number of anilines is 1. The van der Waals surface area contributed by atoms with Crippen molar-refractivity contribution in [3.8, 4) is 0 Å². The van der Waals surface area contributed by atoms with Crippen molar-refractivity contribution in [1.82, 2.24) is 0 Å². The fourth-order valence-corrected chi connectivity index (χ4v) is 1.07. The zero-order chi connectivity index (χ0) is 11.4. The Hall–Kier alpha value is -2.31. The van der Waals surface area contributed by atoms with Gasteiger partial charge >= 0.3 is 6.03 Å². The van der Waals surface area contributed by atoms with Crippen LogP contribution in [-0.2, 0) is 0 Å². The number of nitrogens with one attached hydrogen (secondary N) is 1. The number of amidine groups is 1. The van der Waals surface area contributed by atoms with E-state index in [2.05, 4.69) is 10.5 Å². The maximum absolute atomic E-state index is 13.3. The van der Waals surface area contributed by atoms with Crippen LogP contribution in [0.5, 0.6) is 0 Å². The summed E-state index contributed by atoms with van der Waals surface area (Å²) in [4.78, 5) is 10.6. The molecule has 1 aromatic rings. The number of oxime groups is 1. The topological polar surface area (TPSA) is 114 Å². The average Bonchev–Trinajstić information content (AvgIpc) is 2.16. The highest BCUT2D eigenvalue weighted by Gasteiger charge is 2.13. The van der Waals surface area contributed by atoms with Crippen molar-refractivity contribution in [2.75, 3.05) is 5.32 Å². The maximum atomic E-state index is 13.3. The molecule has 1 aromatic carbocycles. The highest BCUT2D eigenvalue weighted by molar-refractivity contribution is 6.05. The quantitative estimate of drug-likeness (QED) is 0.246. The van der Waals surface area contributed by atoms with Gasteiger partial charge in [-0.1, -0.05) is 11.2 Å². The van der Waals surface area contributed by atoms with Crippen LogP contribution in [0, 0.1) is 5.82 Å². The molecule has 0 aromatic heterocycles. The molecular formula is C8H9FN4O2. The van der Waals surface area contributed by atoms with Gasteiger partial charge in [0.2, 0.25) is 0 Å². The highest BCUT2D eigenvalue weighted by atomic mass is 19.1. The lowest BCUT2D eigenvalue weighted by molar-refractivity contribution is 0.259. The maximum Gasteiger partial charge on any atom is 0.316 e. The van der Waals surface area contributed by atoms with E-state index in [1.165, 1.54) is 12.1 Å². The third kappa shape index (κ3) is 2.33. The van der Waals surface area contributed by atoms with Gasteiger partial charge < -0.3 is 22.0 Å². The normalized spacial score (nSPS) is 11.1. The van der Waals surface area contributed by atoms with Crippen molar-refractivity contribution in [1.29, 1.82) is 0 Å². The zero-order valence-electron chi connectivity index (χ0n) is 7.57. The van der Waals surface area contributed by atoms with Gasteiger partial charge in [-0.2, -0.15) is 0 Å². The molecule has 0 saturated carbocycles. The number of halogens is 1. The molecule has 0 aliphatic carbocycles. The van der Waals surface area contributed by atoms with Gasteiger partial charge in [-0.25, -0.2) is 9.18 Å². The van der Waals surface area contributed by atoms with E-state index in [0.29, 0.717) is 0 Å². The molecule has 80 valence electrons. The van der Waals surface area contributed by atoms with E-state index in [-0.39, 0.29) is 11.3 Å². The molecule has 0 heterocycles. The number of amides is 2. The molecule has 0 radical (unpaired) electrons. The minimum Gasteiger partial charge on any atom is -0.409 e. The number of rotatable bonds is 2. The first-order valence-electron chi connectivity index (χ1n) is 3.89. The predicted molar refractivity (Wildman–Crippen MR) is 52.1 cm³/mol. The molecule has 6 N–H and O–H groups in total. The summed E-state index contributed by atoms with van der Waals surface area (Å²) in [5.74, 6) is -1.17. The molecule has 15 heavy (non-hydrogen) atoms. The van der Waals surface area contributed by atoms with Crippen LogP contribution in [-0.4, -0.2) is 17.1 Å². The summed E-state index contributed by atoms with van der Waals surface area (Å²) in [7, 11) is 0. The van der Waals surface area contributed by atoms with E-state index in [1.807, 2.05) is 0 Å². The van der Waals surface area contributed by atoms with E-state index in [9.17, 15) is 9.18 Å². The smallest absolute Gasteiger partial charge is 0.316 e. The lowest BCUT2D eigenvalue weighted by atomic mass is 10.1. The lowest BCUT2D eigenvalue weighted by Crippen LogP contribution is -2.24. The number of urea groups is 1. The van der Waals surface area contributed by atoms with Crippen LogP contribution in [0.1, 0.15) is 5.56 Å². The second-order valence-electron chi connectivity index (χ2n) is 2.64. The van der Waals surface area contributed by atoms with Crippen molar-refractivity contribution in [2.45, 2.75) is 0 Å². The van der Waals surface area contributed by atoms with Crippen molar-refractivity contribution >= 4 is 17.6 Å². The number of primary amides is 1. The first kappa shape index (κ1) is 10.8. The molecule has 0 bridgehead atoms. The molecule has 7 heteroatoms. The standard InChI is InChI=1S/C8H9FN4O2/c9-4-2-1-3-5(12-8(11)14)6(4)7(10)13-15/h1-3,15H,(H2,10,13)(H3,11,12,14). The second-order valence-corrected chi connectivity index (χ2v) is 2.64. The number of nitrogens with two attached hydrogens (primary N) is 2. The monoisotopic (exact) mass is 212 g/mol. The molecule has 1 rings (SSSR count). The minimum atomic E-state index is -0.868. The molecule has 0 spiro atoms. The summed E-state index contributed by atoms with van der Waals surface area (Å²) in [5, 5.41) is 13.2. The van der Waals surface area contributed by atoms with Crippen LogP contribution in [0.2, 0.25) is 0 Å². The van der Waals surface area contributed by atoms with Crippen LogP contribution in [0.15, 0.2) is 23.4 Å². The Morgan fingerprint density at radius 3 is 2.67 bits per heavy atom. The van der Waals surface area contributed by atoms with E-state index in [0.717, 1.165) is 6.07 Å². The van der Waals surface area contributed by atoms with Crippen LogP contribution in [0.25, 0.3) is 0 Å². The number of benzene rings is 1. The van der Waals surface area contributed by atoms with Crippen LogP contribution in [0.4, 0.5) is 14.9 Å². The molecule has 0 fully saturated rings. The number of carbonyl (C=O) groups excluding carboxylic acids is 1. The second kappa shape index (κ2) is 4.27. The number of hydrogen-bond acceptors (Lipinski definition) is 3. The van der Waals surface area contributed by atoms with Gasteiger partial charge in [-0.05, 0) is 12.1 Å². The third-order valence-corrected chi connectivity index (χ3v) is 1.64. The number of hydrogen-bond donors (Lipinski definition) is 4. The Labute approximate surface area is 84.4 Å². The fraction of sp³-hybridized carbons (Fsp3) is 0. The average molecular weight is 212 g/mol. The molecule has 6 nitrogen and oxygen atoms in total. The summed E-state index contributed by atoms with van der Waals surface area (Å²) in [6.45, 7) is 0. The summed E-state index contributed by atoms with van der Waals surface area (Å²) in [5.41, 5.74) is 9.94. The molecule has 0 atom stereocenters. The van der Waals surface area contributed by atoms with E-state index in [4.69, 9.17) is 16.7 Å². The SMILES string of the molecule is NC(=O)Nc1cccc(F)c1/C(N)=N/O. The Morgan fingerprint density at radius 1 is 1.47 bits per heavy atom. The third-order valence-electron chi connectivity index (χ3n) is 1.64. The van der Waals surface area contributed by atoms with Gasteiger partial charge in [-0.15, -0.1) is 0 Å². The Balaban J connectivity index is 3.26. The first-order valence-corrected chi connectivity index (χ1v) is 3.89. The Bertz CT molecular complexity index is 419. The summed E-state index contributed by atoms with van der Waals surface area (Å²) < 4.78 is 13.3. The van der Waals surface area contributed by atoms with Crippen LogP contribution >= 0.6 is 0 Å². The minimum absolute atomic E-state index is 0.0396. The Kier molecular flexibility index (Phi) is 3.06. The van der Waals surface area contributed by atoms with Gasteiger partial charge in [0, 0.05) is 0 Å². The summed E-state index contributed by atoms with van der Waals surface area (Å²) in [6, 6.07) is 2.97. The molecule has 0 unspecified atom stereocenters. The van der Waals surface area contributed by atoms with Gasteiger partial charge in [-0.3, -0.25) is 0 Å². The van der Waals surface area contributed by atoms with E-state index >= 15 is 0 Å². The highest BCUT2D eigenvalue weighted by Crippen LogP contribution is 2.18. The van der Waals surface area contributed by atoms with Crippen molar-refractivity contribution in [3.05, 3.63) is 29.6 Å². The largest absolute Gasteiger partial charge is 0.409 e. The fourth-order valence-electron chi connectivity index (χ4n) is 1.07. The van der Waals surface area contributed by atoms with Crippen LogP contribution in [0.3, 0.4) is 0 Å². The number of carbonyl (C=O) groups is 1. The molecule has 0 saturated heterocycles. The van der Waals surface area contributed by atoms with Crippen molar-refractivity contribution in [3.63, 3.8) is 0 Å². The van der Waals surface area contributed by atoms with Gasteiger partial charge in [0.15, 0.2) is 5.84 Å². The van der Waals surface area contributed by atoms with Crippen LogP contribution < -0.4 is 16.8 Å². The number of nitrogens with zero attached hydrogens (tertiary/aromatic N) is 1. The lowest BCUT2D eigenvalue weighted by Gasteiger charge is -2.08. The molecule has 0 aliphatic rings. The molecule has 2 amide bonds.